The molecule has 38 heavy (non-hydrogen) atoms. The van der Waals surface area contributed by atoms with E-state index in [4.69, 9.17) is 16.3 Å². The number of hydrogen-bond donors (Lipinski definition) is 3. The molecule has 0 spiro atoms. The van der Waals surface area contributed by atoms with Gasteiger partial charge in [-0.2, -0.15) is 0 Å². The van der Waals surface area contributed by atoms with Crippen molar-refractivity contribution in [3.8, 4) is 5.75 Å². The van der Waals surface area contributed by atoms with E-state index in [0.717, 1.165) is 16.7 Å². The predicted octanol–water partition coefficient (Wildman–Crippen LogP) is 5.32. The highest BCUT2D eigenvalue weighted by molar-refractivity contribution is 6.32. The van der Waals surface area contributed by atoms with Crippen molar-refractivity contribution in [2.75, 3.05) is 32.5 Å². The van der Waals surface area contributed by atoms with Crippen LogP contribution >= 0.6 is 11.6 Å². The van der Waals surface area contributed by atoms with Gasteiger partial charge < -0.3 is 25.3 Å². The number of aromatic amines is 1. The van der Waals surface area contributed by atoms with Crippen molar-refractivity contribution in [1.29, 1.82) is 0 Å². The number of hydrogen-bond acceptors (Lipinski definition) is 6. The fourth-order valence-corrected chi connectivity index (χ4v) is 3.77. The van der Waals surface area contributed by atoms with E-state index in [2.05, 4.69) is 25.6 Å². The lowest BCUT2D eigenvalue weighted by Gasteiger charge is -2.11. The summed E-state index contributed by atoms with van der Waals surface area (Å²) in [6.07, 6.45) is 8.54. The fraction of sp³-hybridized carbons (Fsp3) is 0.179. The molecule has 10 heteroatoms. The van der Waals surface area contributed by atoms with Gasteiger partial charge in [0.25, 0.3) is 0 Å². The van der Waals surface area contributed by atoms with Gasteiger partial charge in [-0.15, -0.1) is 0 Å². The Morgan fingerprint density at radius 2 is 2.03 bits per heavy atom. The van der Waals surface area contributed by atoms with Gasteiger partial charge in [0.15, 0.2) is 5.82 Å². The maximum Gasteiger partial charge on any atom is 0.243 e. The molecular weight excluding hydrogens is 507 g/mol. The van der Waals surface area contributed by atoms with Gasteiger partial charge in [-0.05, 0) is 62.1 Å². The number of benzene rings is 2. The van der Waals surface area contributed by atoms with Crippen LogP contribution in [0.25, 0.3) is 17.1 Å². The highest BCUT2D eigenvalue weighted by Crippen LogP contribution is 2.31. The second kappa shape index (κ2) is 12.8. The summed E-state index contributed by atoms with van der Waals surface area (Å²) in [6.45, 7) is 1.30. The van der Waals surface area contributed by atoms with Crippen molar-refractivity contribution in [3.63, 3.8) is 0 Å². The lowest BCUT2D eigenvalue weighted by atomic mass is 10.2. The molecule has 0 saturated heterocycles. The molecule has 2 heterocycles. The third-order valence-corrected chi connectivity index (χ3v) is 5.64. The summed E-state index contributed by atoms with van der Waals surface area (Å²) in [5, 5.41) is 6.47. The quantitative estimate of drug-likeness (QED) is 0.225. The smallest absolute Gasteiger partial charge is 0.243 e. The van der Waals surface area contributed by atoms with E-state index in [1.165, 1.54) is 24.5 Å². The number of nitrogens with zero attached hydrogens (tertiary/aromatic N) is 3. The average Bonchev–Trinajstić information content (AvgIpc) is 3.30. The normalized spacial score (nSPS) is 11.6. The minimum atomic E-state index is -0.314. The van der Waals surface area contributed by atoms with Gasteiger partial charge in [0.05, 0.1) is 10.5 Å². The zero-order valence-corrected chi connectivity index (χ0v) is 21.8. The zero-order chi connectivity index (χ0) is 26.9. The summed E-state index contributed by atoms with van der Waals surface area (Å²) in [6, 6.07) is 13.4. The molecule has 0 atom stereocenters. The van der Waals surface area contributed by atoms with E-state index in [9.17, 15) is 9.18 Å². The Balaban J connectivity index is 1.37. The molecule has 0 aliphatic heterocycles. The highest BCUT2D eigenvalue weighted by Gasteiger charge is 2.10. The predicted molar refractivity (Wildman–Crippen MR) is 149 cm³/mol. The molecular formula is C28H28ClFN6O2. The van der Waals surface area contributed by atoms with Gasteiger partial charge in [0.1, 0.15) is 30.0 Å². The number of H-pyrrole nitrogens is 1. The molecule has 4 aromatic rings. The Morgan fingerprint density at radius 3 is 2.82 bits per heavy atom. The second-order valence-corrected chi connectivity index (χ2v) is 9.12. The third-order valence-electron chi connectivity index (χ3n) is 5.35. The van der Waals surface area contributed by atoms with Crippen molar-refractivity contribution in [2.45, 2.75) is 6.61 Å². The maximum absolute atomic E-state index is 13.4. The minimum Gasteiger partial charge on any atom is -0.487 e. The number of aromatic nitrogens is 3. The number of nitrogens with one attached hydrogen (secondary N) is 3. The fourth-order valence-electron chi connectivity index (χ4n) is 3.54. The van der Waals surface area contributed by atoms with Crippen LogP contribution in [-0.2, 0) is 11.4 Å². The van der Waals surface area contributed by atoms with Crippen LogP contribution < -0.4 is 15.4 Å². The Labute approximate surface area is 225 Å². The Morgan fingerprint density at radius 1 is 1.16 bits per heavy atom. The molecule has 0 aliphatic rings. The summed E-state index contributed by atoms with van der Waals surface area (Å²) in [5.41, 5.74) is 3.71. The molecule has 0 aliphatic carbocycles. The molecule has 0 saturated carbocycles. The van der Waals surface area contributed by atoms with E-state index < -0.39 is 0 Å². The molecule has 8 nitrogen and oxygen atoms in total. The van der Waals surface area contributed by atoms with Crippen molar-refractivity contribution in [3.05, 3.63) is 95.2 Å². The number of halogens is 2. The van der Waals surface area contributed by atoms with Crippen LogP contribution in [0.2, 0.25) is 5.02 Å². The number of anilines is 2. The molecule has 4 rings (SSSR count). The highest BCUT2D eigenvalue weighted by atomic mass is 35.5. The molecule has 0 fully saturated rings. The molecule has 1 amide bonds. The SMILES string of the molecule is CN(C)C/C=C/C(=O)NC/C=C/c1cc2ncnc(Nc3ccc(OCc4cccc(F)c4)c(Cl)c3)c2[nH]1. The molecule has 0 bridgehead atoms. The summed E-state index contributed by atoms with van der Waals surface area (Å²) < 4.78 is 19.1. The average molecular weight is 535 g/mol. The van der Waals surface area contributed by atoms with E-state index >= 15 is 0 Å². The van der Waals surface area contributed by atoms with E-state index in [1.54, 1.807) is 24.3 Å². The zero-order valence-electron chi connectivity index (χ0n) is 21.0. The number of rotatable bonds is 11. The van der Waals surface area contributed by atoms with Crippen LogP contribution in [0.3, 0.4) is 0 Å². The van der Waals surface area contributed by atoms with Crippen LogP contribution in [0.15, 0.2) is 73.1 Å². The van der Waals surface area contributed by atoms with E-state index in [-0.39, 0.29) is 18.3 Å². The van der Waals surface area contributed by atoms with Gasteiger partial charge in [-0.1, -0.05) is 35.9 Å². The van der Waals surface area contributed by atoms with Gasteiger partial charge in [0.2, 0.25) is 5.91 Å². The second-order valence-electron chi connectivity index (χ2n) is 8.71. The van der Waals surface area contributed by atoms with Crippen LogP contribution in [0.5, 0.6) is 5.75 Å². The van der Waals surface area contributed by atoms with Crippen LogP contribution in [0.4, 0.5) is 15.9 Å². The largest absolute Gasteiger partial charge is 0.487 e. The molecule has 0 radical (unpaired) electrons. The van der Waals surface area contributed by atoms with Gasteiger partial charge in [-0.25, -0.2) is 14.4 Å². The van der Waals surface area contributed by atoms with Crippen molar-refractivity contribution >= 4 is 46.1 Å². The molecule has 3 N–H and O–H groups in total. The first-order valence-electron chi connectivity index (χ1n) is 11.9. The minimum absolute atomic E-state index is 0.144. The van der Waals surface area contributed by atoms with Crippen molar-refractivity contribution in [1.82, 2.24) is 25.2 Å². The topological polar surface area (TPSA) is 95.2 Å². The Kier molecular flexibility index (Phi) is 9.07. The van der Waals surface area contributed by atoms with Gasteiger partial charge in [0, 0.05) is 30.5 Å². The summed E-state index contributed by atoms with van der Waals surface area (Å²) in [7, 11) is 3.88. The third kappa shape index (κ3) is 7.64. The van der Waals surface area contributed by atoms with Crippen LogP contribution in [0.1, 0.15) is 11.3 Å². The maximum atomic E-state index is 13.4. The summed E-state index contributed by atoms with van der Waals surface area (Å²) in [4.78, 5) is 25.8. The molecule has 2 aromatic carbocycles. The first kappa shape index (κ1) is 26.8. The van der Waals surface area contributed by atoms with E-state index in [1.807, 2.05) is 49.4 Å². The first-order chi connectivity index (χ1) is 18.4. The van der Waals surface area contributed by atoms with Crippen LogP contribution in [0, 0.1) is 5.82 Å². The standard InChI is InChI=1S/C28H28ClFN6O2/c1-36(2)13-5-9-26(37)31-12-4-8-21-16-24-27(34-21)28(33-18-32-24)35-22-10-11-25(23(29)15-22)38-17-19-6-3-7-20(30)14-19/h3-11,14-16,18,34H,12-13,17H2,1-2H3,(H,31,37)(H,32,33,35)/b8-4+,9-5+. The number of ether oxygens (including phenoxy) is 1. The Hall–Kier alpha value is -4.21. The number of amides is 1. The number of carbonyl (C=O) groups is 1. The van der Waals surface area contributed by atoms with E-state index in [0.29, 0.717) is 40.9 Å². The van der Waals surface area contributed by atoms with Crippen molar-refractivity contribution in [2.24, 2.45) is 0 Å². The monoisotopic (exact) mass is 534 g/mol. The number of fused-ring (bicyclic) bond motifs is 1. The summed E-state index contributed by atoms with van der Waals surface area (Å²) in [5.74, 6) is 0.612. The molecule has 0 unspecified atom stereocenters. The lowest BCUT2D eigenvalue weighted by molar-refractivity contribution is -0.116. The Bertz CT molecular complexity index is 1470. The van der Waals surface area contributed by atoms with Crippen LogP contribution in [-0.4, -0.2) is 52.9 Å². The summed E-state index contributed by atoms with van der Waals surface area (Å²) >= 11 is 6.43. The molecule has 196 valence electrons. The number of likely N-dealkylation sites (N-methyl/N-ethyl adjacent to an activating group) is 1. The lowest BCUT2D eigenvalue weighted by Crippen LogP contribution is -2.21. The number of carbonyl (C=O) groups excluding carboxylic acids is 1. The first-order valence-corrected chi connectivity index (χ1v) is 12.3. The van der Waals surface area contributed by atoms with Gasteiger partial charge >= 0.3 is 0 Å². The molecule has 2 aromatic heterocycles. The van der Waals surface area contributed by atoms with Gasteiger partial charge in [-0.3, -0.25) is 4.79 Å². The van der Waals surface area contributed by atoms with Crippen molar-refractivity contribution < 1.29 is 13.9 Å².